The molecule has 0 radical (unpaired) electrons. The predicted octanol–water partition coefficient (Wildman–Crippen LogP) is 3.62. The lowest BCUT2D eigenvalue weighted by atomic mass is 9.85. The van der Waals surface area contributed by atoms with Crippen molar-refractivity contribution in [2.24, 2.45) is 23.5 Å². The predicted molar refractivity (Wildman–Crippen MR) is 79.3 cm³/mol. The maximum atomic E-state index is 13.3. The topological polar surface area (TPSA) is 38.0 Å². The van der Waals surface area contributed by atoms with E-state index in [1.807, 2.05) is 0 Å². The fraction of sp³-hybridized carbons (Fsp3) is 0.625. The van der Waals surface area contributed by atoms with E-state index in [1.165, 1.54) is 0 Å². The van der Waals surface area contributed by atoms with Crippen LogP contribution in [0.1, 0.15) is 39.3 Å². The molecule has 0 spiro atoms. The first kappa shape index (κ1) is 18.0. The fourth-order valence-electron chi connectivity index (χ4n) is 2.63. The number of halogens is 3. The highest BCUT2D eigenvalue weighted by Gasteiger charge is 2.21. The molecular formula is C16H25F3N2. The van der Waals surface area contributed by atoms with Crippen molar-refractivity contribution in [3.8, 4) is 0 Å². The molecule has 0 aliphatic heterocycles. The Morgan fingerprint density at radius 2 is 1.48 bits per heavy atom. The van der Waals surface area contributed by atoms with Gasteiger partial charge in [0.1, 0.15) is 0 Å². The van der Waals surface area contributed by atoms with Crippen LogP contribution < -0.4 is 11.1 Å². The third-order valence-electron chi connectivity index (χ3n) is 3.96. The lowest BCUT2D eigenvalue weighted by molar-refractivity contribution is 0.266. The highest BCUT2D eigenvalue weighted by molar-refractivity contribution is 5.23. The van der Waals surface area contributed by atoms with E-state index in [-0.39, 0.29) is 6.54 Å². The van der Waals surface area contributed by atoms with E-state index in [9.17, 15) is 13.2 Å². The van der Waals surface area contributed by atoms with Gasteiger partial charge in [-0.1, -0.05) is 27.7 Å². The van der Waals surface area contributed by atoms with Gasteiger partial charge in [0, 0.05) is 12.6 Å². The largest absolute Gasteiger partial charge is 0.329 e. The molecule has 5 heteroatoms. The van der Waals surface area contributed by atoms with E-state index in [4.69, 9.17) is 5.73 Å². The van der Waals surface area contributed by atoms with Crippen LogP contribution in [0.4, 0.5) is 13.2 Å². The Morgan fingerprint density at radius 3 is 1.86 bits per heavy atom. The van der Waals surface area contributed by atoms with Crippen molar-refractivity contribution >= 4 is 0 Å². The van der Waals surface area contributed by atoms with Crippen molar-refractivity contribution in [2.75, 3.05) is 13.1 Å². The van der Waals surface area contributed by atoms with Gasteiger partial charge in [-0.25, -0.2) is 13.2 Å². The van der Waals surface area contributed by atoms with Crippen LogP contribution in [0.5, 0.6) is 0 Å². The third-order valence-corrected chi connectivity index (χ3v) is 3.96. The molecule has 120 valence electrons. The van der Waals surface area contributed by atoms with E-state index >= 15 is 0 Å². The summed E-state index contributed by atoms with van der Waals surface area (Å²) in [5.74, 6) is -2.43. The summed E-state index contributed by atoms with van der Waals surface area (Å²) < 4.78 is 39.6. The zero-order chi connectivity index (χ0) is 16.2. The lowest BCUT2D eigenvalue weighted by Gasteiger charge is -2.28. The van der Waals surface area contributed by atoms with Crippen LogP contribution in [-0.4, -0.2) is 13.1 Å². The van der Waals surface area contributed by atoms with Gasteiger partial charge in [-0.2, -0.15) is 0 Å². The highest BCUT2D eigenvalue weighted by atomic mass is 19.2. The molecule has 0 saturated carbocycles. The smallest absolute Gasteiger partial charge is 0.194 e. The van der Waals surface area contributed by atoms with Crippen LogP contribution in [0.25, 0.3) is 0 Å². The van der Waals surface area contributed by atoms with Crippen LogP contribution in [0, 0.1) is 35.2 Å². The summed E-state index contributed by atoms with van der Waals surface area (Å²) in [5.41, 5.74) is 6.01. The molecule has 21 heavy (non-hydrogen) atoms. The molecule has 1 aromatic carbocycles. The van der Waals surface area contributed by atoms with Gasteiger partial charge in [-0.05, 0) is 42.0 Å². The van der Waals surface area contributed by atoms with Crippen LogP contribution in [0.3, 0.4) is 0 Å². The Hall–Kier alpha value is -1.07. The first-order valence-corrected chi connectivity index (χ1v) is 7.35. The average molecular weight is 302 g/mol. The molecule has 1 atom stereocenters. The van der Waals surface area contributed by atoms with Crippen molar-refractivity contribution < 1.29 is 13.2 Å². The summed E-state index contributed by atoms with van der Waals surface area (Å²) in [6, 6.07) is 1.61. The van der Waals surface area contributed by atoms with Crippen LogP contribution >= 0.6 is 0 Å². The first-order chi connectivity index (χ1) is 9.77. The molecule has 0 aliphatic carbocycles. The number of rotatable bonds is 7. The first-order valence-electron chi connectivity index (χ1n) is 7.35. The fourth-order valence-corrected chi connectivity index (χ4v) is 2.63. The number of hydrogen-bond acceptors (Lipinski definition) is 2. The van der Waals surface area contributed by atoms with Crippen molar-refractivity contribution in [1.29, 1.82) is 0 Å². The summed E-state index contributed by atoms with van der Waals surface area (Å²) in [6.07, 6.45) is 0. The zero-order valence-corrected chi connectivity index (χ0v) is 13.1. The molecular weight excluding hydrogens is 277 g/mol. The minimum Gasteiger partial charge on any atom is -0.329 e. The van der Waals surface area contributed by atoms with E-state index in [2.05, 4.69) is 33.0 Å². The van der Waals surface area contributed by atoms with Gasteiger partial charge < -0.3 is 11.1 Å². The van der Waals surface area contributed by atoms with Crippen LogP contribution in [0.2, 0.25) is 0 Å². The van der Waals surface area contributed by atoms with Crippen molar-refractivity contribution in [2.45, 2.75) is 33.7 Å². The minimum absolute atomic E-state index is 0.188. The molecule has 1 unspecified atom stereocenters. The molecule has 0 bridgehead atoms. The number of nitrogens with two attached hydrogens (primary N) is 1. The highest BCUT2D eigenvalue weighted by Crippen LogP contribution is 2.22. The van der Waals surface area contributed by atoms with Gasteiger partial charge in [-0.15, -0.1) is 0 Å². The van der Waals surface area contributed by atoms with E-state index in [0.29, 0.717) is 29.9 Å². The molecule has 0 aromatic heterocycles. The van der Waals surface area contributed by atoms with Gasteiger partial charge in [0.25, 0.3) is 0 Å². The normalized spacial score (nSPS) is 13.5. The summed E-state index contributed by atoms with van der Waals surface area (Å²) in [7, 11) is 0. The summed E-state index contributed by atoms with van der Waals surface area (Å²) in [4.78, 5) is 0. The molecule has 0 heterocycles. The maximum Gasteiger partial charge on any atom is 0.194 e. The molecule has 0 saturated heterocycles. The minimum atomic E-state index is -1.45. The van der Waals surface area contributed by atoms with Gasteiger partial charge in [-0.3, -0.25) is 0 Å². The van der Waals surface area contributed by atoms with E-state index in [1.54, 1.807) is 0 Å². The standard InChI is InChI=1S/C16H25F3N2/c1-9(2)12(10(3)4)8-21-15(7-20)11-5-13(17)16(19)14(18)6-11/h5-6,9-10,12,15,21H,7-8,20H2,1-4H3. The second kappa shape index (κ2) is 7.80. The second-order valence-corrected chi connectivity index (χ2v) is 6.15. The monoisotopic (exact) mass is 302 g/mol. The van der Waals surface area contributed by atoms with Crippen molar-refractivity contribution in [3.05, 3.63) is 35.1 Å². The van der Waals surface area contributed by atoms with Gasteiger partial charge in [0.2, 0.25) is 0 Å². The Morgan fingerprint density at radius 1 is 1.00 bits per heavy atom. The number of hydrogen-bond donors (Lipinski definition) is 2. The Bertz CT molecular complexity index is 430. The van der Waals surface area contributed by atoms with Crippen LogP contribution in [0.15, 0.2) is 12.1 Å². The van der Waals surface area contributed by atoms with Crippen molar-refractivity contribution in [3.63, 3.8) is 0 Å². The molecule has 0 aliphatic rings. The van der Waals surface area contributed by atoms with Crippen molar-refractivity contribution in [1.82, 2.24) is 5.32 Å². The SMILES string of the molecule is CC(C)C(CNC(CN)c1cc(F)c(F)c(F)c1)C(C)C. The molecule has 3 N–H and O–H groups in total. The molecule has 2 nitrogen and oxygen atoms in total. The second-order valence-electron chi connectivity index (χ2n) is 6.15. The molecule has 1 rings (SSSR count). The zero-order valence-electron chi connectivity index (χ0n) is 13.1. The third kappa shape index (κ3) is 4.71. The summed E-state index contributed by atoms with van der Waals surface area (Å²) in [5, 5.41) is 3.24. The summed E-state index contributed by atoms with van der Waals surface area (Å²) >= 11 is 0. The molecule has 0 fully saturated rings. The van der Waals surface area contributed by atoms with E-state index < -0.39 is 23.5 Å². The van der Waals surface area contributed by atoms with E-state index in [0.717, 1.165) is 12.1 Å². The Balaban J connectivity index is 2.84. The quantitative estimate of drug-likeness (QED) is 0.755. The molecule has 0 amide bonds. The Labute approximate surface area is 124 Å². The van der Waals surface area contributed by atoms with Crippen LogP contribution in [-0.2, 0) is 0 Å². The number of benzene rings is 1. The number of nitrogens with one attached hydrogen (secondary N) is 1. The Kier molecular flexibility index (Phi) is 6.68. The maximum absolute atomic E-state index is 13.3. The summed E-state index contributed by atoms with van der Waals surface area (Å²) in [6.45, 7) is 9.44. The van der Waals surface area contributed by atoms with Gasteiger partial charge in [0.15, 0.2) is 17.5 Å². The average Bonchev–Trinajstić information content (AvgIpc) is 2.39. The lowest BCUT2D eigenvalue weighted by Crippen LogP contribution is -2.35. The van der Waals surface area contributed by atoms with Gasteiger partial charge >= 0.3 is 0 Å². The molecule has 1 aromatic rings. The van der Waals surface area contributed by atoms with Gasteiger partial charge in [0.05, 0.1) is 0 Å².